The van der Waals surface area contributed by atoms with Crippen molar-refractivity contribution < 1.29 is 9.53 Å². The maximum absolute atomic E-state index is 11.2. The third-order valence-electron chi connectivity index (χ3n) is 1.75. The Morgan fingerprint density at radius 1 is 1.46 bits per heavy atom. The summed E-state index contributed by atoms with van der Waals surface area (Å²) in [6.45, 7) is 3.66. The molecule has 0 saturated heterocycles. The lowest BCUT2D eigenvalue weighted by Crippen LogP contribution is -2.06. The third kappa shape index (κ3) is 2.06. The molecular formula is C9H10BrNO2. The van der Waals surface area contributed by atoms with Gasteiger partial charge in [0, 0.05) is 4.47 Å². The Kier molecular flexibility index (Phi) is 3.03. The van der Waals surface area contributed by atoms with Gasteiger partial charge in [0.2, 0.25) is 0 Å². The zero-order chi connectivity index (χ0) is 10.0. The first-order valence-electron chi connectivity index (χ1n) is 3.78. The maximum atomic E-state index is 11.2. The maximum Gasteiger partial charge on any atom is 0.339 e. The number of carbonyl (C=O) groups is 1. The Labute approximate surface area is 85.3 Å². The Balaban J connectivity index is 3.23. The number of hydrogen-bond donors (Lipinski definition) is 0. The van der Waals surface area contributed by atoms with Crippen LogP contribution in [0.4, 0.5) is 0 Å². The summed E-state index contributed by atoms with van der Waals surface area (Å²) in [7, 11) is 1.36. The number of rotatable bonds is 1. The fourth-order valence-corrected chi connectivity index (χ4v) is 1.33. The summed E-state index contributed by atoms with van der Waals surface area (Å²) in [6, 6.07) is 1.73. The largest absolute Gasteiger partial charge is 0.465 e. The molecule has 1 aromatic heterocycles. The van der Waals surface area contributed by atoms with Crippen LogP contribution in [-0.2, 0) is 4.74 Å². The zero-order valence-corrected chi connectivity index (χ0v) is 9.31. The smallest absolute Gasteiger partial charge is 0.339 e. The van der Waals surface area contributed by atoms with Gasteiger partial charge in [-0.1, -0.05) is 0 Å². The van der Waals surface area contributed by atoms with Crippen LogP contribution in [0.25, 0.3) is 0 Å². The number of esters is 1. The third-order valence-corrected chi connectivity index (χ3v) is 2.55. The average Bonchev–Trinajstić information content (AvgIpc) is 2.10. The summed E-state index contributed by atoms with van der Waals surface area (Å²) in [6.07, 6.45) is 0. The van der Waals surface area contributed by atoms with Crippen LogP contribution in [0.15, 0.2) is 10.5 Å². The number of pyridine rings is 1. The van der Waals surface area contributed by atoms with Crippen LogP contribution in [0.2, 0.25) is 0 Å². The van der Waals surface area contributed by atoms with Crippen LogP contribution in [0.3, 0.4) is 0 Å². The molecule has 0 fully saturated rings. The molecule has 0 amide bonds. The van der Waals surface area contributed by atoms with E-state index in [0.29, 0.717) is 11.3 Å². The van der Waals surface area contributed by atoms with E-state index in [1.165, 1.54) is 7.11 Å². The van der Waals surface area contributed by atoms with Crippen LogP contribution < -0.4 is 0 Å². The van der Waals surface area contributed by atoms with E-state index in [0.717, 1.165) is 10.2 Å². The standard InChI is InChI=1S/C9H10BrNO2/c1-5-7(9(12)13-3)4-8(10)6(2)11-5/h4H,1-3H3. The molecule has 0 bridgehead atoms. The van der Waals surface area contributed by atoms with Crippen molar-refractivity contribution in [2.75, 3.05) is 7.11 Å². The van der Waals surface area contributed by atoms with Crippen molar-refractivity contribution >= 4 is 21.9 Å². The van der Waals surface area contributed by atoms with E-state index in [2.05, 4.69) is 25.7 Å². The van der Waals surface area contributed by atoms with Gasteiger partial charge < -0.3 is 4.74 Å². The van der Waals surface area contributed by atoms with Gasteiger partial charge in [0.25, 0.3) is 0 Å². The van der Waals surface area contributed by atoms with Gasteiger partial charge in [-0.2, -0.15) is 0 Å². The van der Waals surface area contributed by atoms with E-state index < -0.39 is 0 Å². The Bertz CT molecular complexity index is 350. The molecule has 1 aromatic rings. The number of nitrogens with zero attached hydrogens (tertiary/aromatic N) is 1. The van der Waals surface area contributed by atoms with Crippen molar-refractivity contribution in [3.8, 4) is 0 Å². The molecule has 0 N–H and O–H groups in total. The first kappa shape index (κ1) is 10.2. The van der Waals surface area contributed by atoms with Crippen LogP contribution in [0.5, 0.6) is 0 Å². The van der Waals surface area contributed by atoms with E-state index in [4.69, 9.17) is 0 Å². The molecule has 3 nitrogen and oxygen atoms in total. The van der Waals surface area contributed by atoms with Crippen molar-refractivity contribution in [1.82, 2.24) is 4.98 Å². The number of methoxy groups -OCH3 is 1. The molecule has 0 unspecified atom stereocenters. The fraction of sp³-hybridized carbons (Fsp3) is 0.333. The minimum absolute atomic E-state index is 0.356. The summed E-state index contributed by atoms with van der Waals surface area (Å²) < 4.78 is 5.43. The fourth-order valence-electron chi connectivity index (χ4n) is 1.02. The van der Waals surface area contributed by atoms with Gasteiger partial charge in [-0.05, 0) is 35.8 Å². The molecular weight excluding hydrogens is 234 g/mol. The van der Waals surface area contributed by atoms with Gasteiger partial charge in [0.1, 0.15) is 0 Å². The molecule has 4 heteroatoms. The second kappa shape index (κ2) is 3.87. The molecule has 1 rings (SSSR count). The number of ether oxygens (including phenoxy) is 1. The lowest BCUT2D eigenvalue weighted by Gasteiger charge is -2.05. The van der Waals surface area contributed by atoms with E-state index in [9.17, 15) is 4.79 Å². The highest BCUT2D eigenvalue weighted by atomic mass is 79.9. The average molecular weight is 244 g/mol. The highest BCUT2D eigenvalue weighted by Gasteiger charge is 2.11. The molecule has 0 aliphatic carbocycles. The topological polar surface area (TPSA) is 39.2 Å². The molecule has 0 atom stereocenters. The van der Waals surface area contributed by atoms with Crippen molar-refractivity contribution in [2.24, 2.45) is 0 Å². The second-order valence-corrected chi connectivity index (χ2v) is 3.53. The number of aryl methyl sites for hydroxylation is 2. The quantitative estimate of drug-likeness (QED) is 0.711. The summed E-state index contributed by atoms with van der Waals surface area (Å²) in [5.74, 6) is -0.356. The minimum atomic E-state index is -0.356. The van der Waals surface area contributed by atoms with Crippen LogP contribution >= 0.6 is 15.9 Å². The van der Waals surface area contributed by atoms with Crippen LogP contribution in [-0.4, -0.2) is 18.1 Å². The Hall–Kier alpha value is -0.900. The predicted octanol–water partition coefficient (Wildman–Crippen LogP) is 2.25. The summed E-state index contributed by atoms with van der Waals surface area (Å²) >= 11 is 3.31. The van der Waals surface area contributed by atoms with Gasteiger partial charge in [-0.15, -0.1) is 0 Å². The predicted molar refractivity (Wildman–Crippen MR) is 52.8 cm³/mol. The molecule has 0 aliphatic rings. The molecule has 0 spiro atoms. The molecule has 0 aliphatic heterocycles. The Morgan fingerprint density at radius 3 is 2.62 bits per heavy atom. The SMILES string of the molecule is COC(=O)c1cc(Br)c(C)nc1C. The zero-order valence-electron chi connectivity index (χ0n) is 7.72. The number of hydrogen-bond acceptors (Lipinski definition) is 3. The Morgan fingerprint density at radius 2 is 2.08 bits per heavy atom. The van der Waals surface area contributed by atoms with E-state index in [1.807, 2.05) is 6.92 Å². The molecule has 0 saturated carbocycles. The lowest BCUT2D eigenvalue weighted by atomic mass is 10.2. The minimum Gasteiger partial charge on any atom is -0.465 e. The van der Waals surface area contributed by atoms with E-state index in [-0.39, 0.29) is 5.97 Å². The molecule has 13 heavy (non-hydrogen) atoms. The van der Waals surface area contributed by atoms with Crippen LogP contribution in [0, 0.1) is 13.8 Å². The van der Waals surface area contributed by atoms with Crippen molar-refractivity contribution in [3.05, 3.63) is 27.5 Å². The summed E-state index contributed by atoms with van der Waals surface area (Å²) in [5.41, 5.74) is 2.05. The molecule has 0 aromatic carbocycles. The first-order chi connectivity index (χ1) is 6.06. The lowest BCUT2D eigenvalue weighted by molar-refractivity contribution is 0.0599. The van der Waals surface area contributed by atoms with Crippen LogP contribution in [0.1, 0.15) is 21.7 Å². The normalized spacial score (nSPS) is 9.85. The van der Waals surface area contributed by atoms with Gasteiger partial charge >= 0.3 is 5.97 Å². The first-order valence-corrected chi connectivity index (χ1v) is 4.57. The van der Waals surface area contributed by atoms with Crippen molar-refractivity contribution in [2.45, 2.75) is 13.8 Å². The monoisotopic (exact) mass is 243 g/mol. The molecule has 0 radical (unpaired) electrons. The van der Waals surface area contributed by atoms with Gasteiger partial charge in [-0.3, -0.25) is 4.98 Å². The highest BCUT2D eigenvalue weighted by Crippen LogP contribution is 2.18. The second-order valence-electron chi connectivity index (χ2n) is 2.68. The summed E-state index contributed by atoms with van der Waals surface area (Å²) in [4.78, 5) is 15.4. The summed E-state index contributed by atoms with van der Waals surface area (Å²) in [5, 5.41) is 0. The number of carbonyl (C=O) groups excluding carboxylic acids is 1. The highest BCUT2D eigenvalue weighted by molar-refractivity contribution is 9.10. The van der Waals surface area contributed by atoms with Crippen molar-refractivity contribution in [1.29, 1.82) is 0 Å². The molecule has 70 valence electrons. The van der Waals surface area contributed by atoms with Gasteiger partial charge in [0.05, 0.1) is 24.1 Å². The number of aromatic nitrogens is 1. The molecule has 1 heterocycles. The number of halogens is 1. The van der Waals surface area contributed by atoms with Crippen molar-refractivity contribution in [3.63, 3.8) is 0 Å². The van der Waals surface area contributed by atoms with E-state index >= 15 is 0 Å². The van der Waals surface area contributed by atoms with E-state index in [1.54, 1.807) is 13.0 Å². The van der Waals surface area contributed by atoms with Gasteiger partial charge in [-0.25, -0.2) is 4.79 Å². The van der Waals surface area contributed by atoms with Gasteiger partial charge in [0.15, 0.2) is 0 Å².